The first-order valence-electron chi connectivity index (χ1n) is 6.80. The van der Waals surface area contributed by atoms with Crippen LogP contribution in [-0.2, 0) is 0 Å². The molecule has 20 heavy (non-hydrogen) atoms. The van der Waals surface area contributed by atoms with Gasteiger partial charge in [-0.25, -0.2) is 0 Å². The maximum atomic E-state index is 5.88. The van der Waals surface area contributed by atoms with Crippen LogP contribution in [-0.4, -0.2) is 4.75 Å². The van der Waals surface area contributed by atoms with Gasteiger partial charge >= 0.3 is 0 Å². The van der Waals surface area contributed by atoms with Crippen molar-refractivity contribution in [1.82, 2.24) is 0 Å². The first-order chi connectivity index (χ1) is 9.48. The maximum Gasteiger partial charge on any atom is 0.0407 e. The summed E-state index contributed by atoms with van der Waals surface area (Å²) in [7, 11) is 0. The van der Waals surface area contributed by atoms with E-state index in [2.05, 4.69) is 50.4 Å². The number of halogens is 1. The summed E-state index contributed by atoms with van der Waals surface area (Å²) in [5.74, 6) is 0. The van der Waals surface area contributed by atoms with Crippen LogP contribution in [0.2, 0.25) is 5.02 Å². The second-order valence-electron chi connectivity index (χ2n) is 5.37. The molecular weight excluding hydrogens is 286 g/mol. The fourth-order valence-corrected chi connectivity index (χ4v) is 2.88. The lowest BCUT2D eigenvalue weighted by atomic mass is 10.1. The molecule has 0 aromatic heterocycles. The molecule has 0 aliphatic carbocycles. The predicted molar refractivity (Wildman–Crippen MR) is 91.4 cm³/mol. The van der Waals surface area contributed by atoms with E-state index in [0.717, 1.165) is 22.8 Å². The SMILES string of the molecule is CCC(C)(C)Sc1ccc(Nc2ccc(Cl)cc2)cc1. The molecule has 2 aromatic rings. The van der Waals surface area contributed by atoms with Crippen molar-refractivity contribution in [3.05, 3.63) is 53.6 Å². The third-order valence-corrected chi connectivity index (χ3v) is 4.83. The van der Waals surface area contributed by atoms with Gasteiger partial charge in [0.25, 0.3) is 0 Å². The Labute approximate surface area is 130 Å². The van der Waals surface area contributed by atoms with Crippen molar-refractivity contribution in [3.63, 3.8) is 0 Å². The Morgan fingerprint density at radius 2 is 1.45 bits per heavy atom. The van der Waals surface area contributed by atoms with Gasteiger partial charge in [0.1, 0.15) is 0 Å². The molecule has 0 unspecified atom stereocenters. The molecule has 2 aromatic carbocycles. The molecule has 1 N–H and O–H groups in total. The fourth-order valence-electron chi connectivity index (χ4n) is 1.70. The van der Waals surface area contributed by atoms with Crippen molar-refractivity contribution in [2.75, 3.05) is 5.32 Å². The van der Waals surface area contributed by atoms with E-state index in [1.165, 1.54) is 4.90 Å². The van der Waals surface area contributed by atoms with E-state index in [1.54, 1.807) is 0 Å². The van der Waals surface area contributed by atoms with Gasteiger partial charge in [-0.1, -0.05) is 32.4 Å². The van der Waals surface area contributed by atoms with Gasteiger partial charge in [-0.15, -0.1) is 11.8 Å². The first-order valence-corrected chi connectivity index (χ1v) is 8.00. The van der Waals surface area contributed by atoms with Gasteiger partial charge in [0.2, 0.25) is 0 Å². The lowest BCUT2D eigenvalue weighted by molar-refractivity contribution is 0.684. The van der Waals surface area contributed by atoms with Crippen molar-refractivity contribution in [2.45, 2.75) is 36.8 Å². The van der Waals surface area contributed by atoms with Crippen LogP contribution >= 0.6 is 23.4 Å². The molecule has 2 rings (SSSR count). The van der Waals surface area contributed by atoms with Gasteiger partial charge < -0.3 is 5.32 Å². The minimum atomic E-state index is 0.283. The molecule has 1 nitrogen and oxygen atoms in total. The molecule has 0 bridgehead atoms. The number of benzene rings is 2. The van der Waals surface area contributed by atoms with Crippen molar-refractivity contribution < 1.29 is 0 Å². The highest BCUT2D eigenvalue weighted by molar-refractivity contribution is 8.00. The molecule has 0 fully saturated rings. The van der Waals surface area contributed by atoms with Crippen molar-refractivity contribution in [1.29, 1.82) is 0 Å². The average Bonchev–Trinajstić information content (AvgIpc) is 2.43. The molecule has 0 amide bonds. The molecular formula is C17H20ClNS. The molecule has 0 heterocycles. The predicted octanol–water partition coefficient (Wildman–Crippen LogP) is 6.36. The summed E-state index contributed by atoms with van der Waals surface area (Å²) in [5.41, 5.74) is 2.13. The van der Waals surface area contributed by atoms with E-state index < -0.39 is 0 Å². The first kappa shape index (κ1) is 15.3. The summed E-state index contributed by atoms with van der Waals surface area (Å²) in [6.45, 7) is 6.78. The maximum absolute atomic E-state index is 5.88. The Bertz CT molecular complexity index is 546. The minimum Gasteiger partial charge on any atom is -0.356 e. The van der Waals surface area contributed by atoms with Crippen molar-refractivity contribution >= 4 is 34.7 Å². The quantitative estimate of drug-likeness (QED) is 0.645. The van der Waals surface area contributed by atoms with Crippen LogP contribution in [0, 0.1) is 0 Å². The highest BCUT2D eigenvalue weighted by Crippen LogP contribution is 2.35. The third kappa shape index (κ3) is 4.46. The van der Waals surface area contributed by atoms with Crippen LogP contribution in [0.25, 0.3) is 0 Å². The lowest BCUT2D eigenvalue weighted by Gasteiger charge is -2.21. The number of hydrogen-bond acceptors (Lipinski definition) is 2. The van der Waals surface area contributed by atoms with E-state index in [-0.39, 0.29) is 4.75 Å². The molecule has 0 spiro atoms. The number of nitrogens with one attached hydrogen (secondary N) is 1. The summed E-state index contributed by atoms with van der Waals surface area (Å²) >= 11 is 7.80. The smallest absolute Gasteiger partial charge is 0.0407 e. The van der Waals surface area contributed by atoms with Gasteiger partial charge in [-0.3, -0.25) is 0 Å². The van der Waals surface area contributed by atoms with Gasteiger partial charge in [-0.2, -0.15) is 0 Å². The van der Waals surface area contributed by atoms with Crippen LogP contribution in [0.15, 0.2) is 53.4 Å². The van der Waals surface area contributed by atoms with Crippen LogP contribution in [0.4, 0.5) is 11.4 Å². The van der Waals surface area contributed by atoms with Crippen LogP contribution in [0.5, 0.6) is 0 Å². The number of rotatable bonds is 5. The minimum absolute atomic E-state index is 0.283. The van der Waals surface area contributed by atoms with Gasteiger partial charge in [-0.05, 0) is 55.0 Å². The van der Waals surface area contributed by atoms with E-state index >= 15 is 0 Å². The number of hydrogen-bond donors (Lipinski definition) is 1. The van der Waals surface area contributed by atoms with Crippen molar-refractivity contribution in [2.24, 2.45) is 0 Å². The van der Waals surface area contributed by atoms with Gasteiger partial charge in [0, 0.05) is 26.0 Å². The number of thioether (sulfide) groups is 1. The van der Waals surface area contributed by atoms with Crippen LogP contribution in [0.3, 0.4) is 0 Å². The Morgan fingerprint density at radius 3 is 1.95 bits per heavy atom. The monoisotopic (exact) mass is 305 g/mol. The summed E-state index contributed by atoms with van der Waals surface area (Å²) in [4.78, 5) is 1.30. The van der Waals surface area contributed by atoms with Gasteiger partial charge in [0.05, 0.1) is 0 Å². The lowest BCUT2D eigenvalue weighted by Crippen LogP contribution is -2.11. The molecule has 106 valence electrons. The van der Waals surface area contributed by atoms with E-state index in [9.17, 15) is 0 Å². The van der Waals surface area contributed by atoms with Crippen LogP contribution in [0.1, 0.15) is 27.2 Å². The van der Waals surface area contributed by atoms with E-state index in [1.807, 2.05) is 36.0 Å². The van der Waals surface area contributed by atoms with Gasteiger partial charge in [0.15, 0.2) is 0 Å². The molecule has 0 saturated carbocycles. The summed E-state index contributed by atoms with van der Waals surface area (Å²) in [5, 5.41) is 4.12. The Balaban J connectivity index is 2.03. The third-order valence-electron chi connectivity index (χ3n) is 3.23. The average molecular weight is 306 g/mol. The normalized spacial score (nSPS) is 11.4. The molecule has 0 atom stereocenters. The molecule has 0 radical (unpaired) electrons. The largest absolute Gasteiger partial charge is 0.356 e. The molecule has 0 aliphatic heterocycles. The standard InChI is InChI=1S/C17H20ClNS/c1-4-17(2,3)20-16-11-9-15(10-12-16)19-14-7-5-13(18)6-8-14/h5-12,19H,4H2,1-3H3. The molecule has 0 saturated heterocycles. The van der Waals surface area contributed by atoms with E-state index in [4.69, 9.17) is 11.6 Å². The Hall–Kier alpha value is -1.12. The Kier molecular flexibility index (Phi) is 5.00. The Morgan fingerprint density at radius 1 is 0.950 bits per heavy atom. The molecule has 3 heteroatoms. The highest BCUT2D eigenvalue weighted by atomic mass is 35.5. The highest BCUT2D eigenvalue weighted by Gasteiger charge is 2.16. The zero-order valence-electron chi connectivity index (χ0n) is 12.1. The zero-order valence-corrected chi connectivity index (χ0v) is 13.7. The second kappa shape index (κ2) is 6.55. The summed E-state index contributed by atoms with van der Waals surface area (Å²) < 4.78 is 0.283. The van der Waals surface area contributed by atoms with E-state index in [0.29, 0.717) is 0 Å². The summed E-state index contributed by atoms with van der Waals surface area (Å²) in [6, 6.07) is 16.3. The topological polar surface area (TPSA) is 12.0 Å². The zero-order chi connectivity index (χ0) is 14.6. The second-order valence-corrected chi connectivity index (χ2v) is 7.59. The van der Waals surface area contributed by atoms with Crippen LogP contribution < -0.4 is 5.32 Å². The summed E-state index contributed by atoms with van der Waals surface area (Å²) in [6.07, 6.45) is 1.16. The van der Waals surface area contributed by atoms with Crippen molar-refractivity contribution in [3.8, 4) is 0 Å². The fraction of sp³-hybridized carbons (Fsp3) is 0.294. The molecule has 0 aliphatic rings. The number of anilines is 2.